The molecule has 2 unspecified atom stereocenters. The molecule has 1 aliphatic rings. The average Bonchev–Trinajstić information content (AvgIpc) is 2.80. The van der Waals surface area contributed by atoms with Gasteiger partial charge in [-0.05, 0) is 31.4 Å². The minimum atomic E-state index is -4.51. The summed E-state index contributed by atoms with van der Waals surface area (Å²) >= 11 is 0. The van der Waals surface area contributed by atoms with Crippen LogP contribution in [0.15, 0.2) is 18.3 Å². The van der Waals surface area contributed by atoms with E-state index in [9.17, 15) is 22.8 Å². The van der Waals surface area contributed by atoms with Crippen molar-refractivity contribution in [2.75, 3.05) is 6.61 Å². The van der Waals surface area contributed by atoms with Crippen molar-refractivity contribution in [2.24, 2.45) is 5.92 Å². The van der Waals surface area contributed by atoms with Crippen molar-refractivity contribution in [3.63, 3.8) is 0 Å². The monoisotopic (exact) mass is 301 g/mol. The summed E-state index contributed by atoms with van der Waals surface area (Å²) in [7, 11) is 0. The van der Waals surface area contributed by atoms with E-state index in [1.54, 1.807) is 6.92 Å². The molecule has 0 amide bonds. The lowest BCUT2D eigenvalue weighted by Crippen LogP contribution is -2.23. The number of esters is 1. The molecule has 0 saturated heterocycles. The third kappa shape index (κ3) is 3.22. The van der Waals surface area contributed by atoms with Crippen LogP contribution in [0.4, 0.5) is 13.2 Å². The van der Waals surface area contributed by atoms with Crippen molar-refractivity contribution >= 4 is 11.8 Å². The Bertz CT molecular complexity index is 539. The Morgan fingerprint density at radius 2 is 2.10 bits per heavy atom. The van der Waals surface area contributed by atoms with Gasteiger partial charge >= 0.3 is 12.1 Å². The molecule has 0 radical (unpaired) electrons. The number of pyridine rings is 1. The van der Waals surface area contributed by atoms with Gasteiger partial charge in [-0.3, -0.25) is 14.6 Å². The Kier molecular flexibility index (Phi) is 4.29. The van der Waals surface area contributed by atoms with Gasteiger partial charge in [0, 0.05) is 12.1 Å². The summed E-state index contributed by atoms with van der Waals surface area (Å²) in [5.41, 5.74) is -0.599. The van der Waals surface area contributed by atoms with E-state index in [0.717, 1.165) is 12.3 Å². The zero-order chi connectivity index (χ0) is 15.6. The average molecular weight is 301 g/mol. The van der Waals surface area contributed by atoms with Gasteiger partial charge in [-0.15, -0.1) is 0 Å². The SMILES string of the molecule is CCOC(=O)C1CCC(c2ccc(C(F)(F)F)nc2)C1=O. The summed E-state index contributed by atoms with van der Waals surface area (Å²) < 4.78 is 42.1. The molecule has 0 aromatic carbocycles. The van der Waals surface area contributed by atoms with Gasteiger partial charge in [0.2, 0.25) is 0 Å². The molecule has 0 aliphatic heterocycles. The molecule has 2 rings (SSSR count). The first-order valence-corrected chi connectivity index (χ1v) is 6.58. The molecule has 21 heavy (non-hydrogen) atoms. The smallest absolute Gasteiger partial charge is 0.433 e. The van der Waals surface area contributed by atoms with Crippen molar-refractivity contribution in [1.82, 2.24) is 4.98 Å². The topological polar surface area (TPSA) is 56.3 Å². The van der Waals surface area contributed by atoms with Gasteiger partial charge in [-0.2, -0.15) is 13.2 Å². The number of halogens is 3. The molecular weight excluding hydrogens is 287 g/mol. The van der Waals surface area contributed by atoms with Crippen LogP contribution in [0.2, 0.25) is 0 Å². The predicted octanol–water partition coefficient (Wildman–Crippen LogP) is 2.73. The second-order valence-electron chi connectivity index (χ2n) is 4.81. The summed E-state index contributed by atoms with van der Waals surface area (Å²) in [5.74, 6) is -2.29. The van der Waals surface area contributed by atoms with Gasteiger partial charge < -0.3 is 4.74 Å². The molecule has 1 heterocycles. The third-order valence-electron chi connectivity index (χ3n) is 3.48. The quantitative estimate of drug-likeness (QED) is 0.636. The maximum atomic E-state index is 12.4. The van der Waals surface area contributed by atoms with Crippen molar-refractivity contribution in [3.05, 3.63) is 29.6 Å². The summed E-state index contributed by atoms with van der Waals surface area (Å²) in [6.45, 7) is 1.84. The Morgan fingerprint density at radius 1 is 1.38 bits per heavy atom. The molecule has 114 valence electrons. The van der Waals surface area contributed by atoms with Crippen LogP contribution in [0.1, 0.15) is 36.9 Å². The standard InChI is InChI=1S/C14H14F3NO3/c1-2-21-13(20)10-5-4-9(12(10)19)8-3-6-11(18-7-8)14(15,16)17/h3,6-7,9-10H,2,4-5H2,1H3. The molecule has 1 aromatic rings. The minimum absolute atomic E-state index is 0.190. The van der Waals surface area contributed by atoms with Gasteiger partial charge in [0.15, 0.2) is 5.78 Å². The number of ketones is 1. The van der Waals surface area contributed by atoms with E-state index < -0.39 is 29.7 Å². The molecule has 1 aliphatic carbocycles. The third-order valence-corrected chi connectivity index (χ3v) is 3.48. The molecule has 0 bridgehead atoms. The molecule has 0 N–H and O–H groups in total. The first-order chi connectivity index (χ1) is 9.84. The zero-order valence-electron chi connectivity index (χ0n) is 11.3. The highest BCUT2D eigenvalue weighted by atomic mass is 19.4. The Morgan fingerprint density at radius 3 is 2.62 bits per heavy atom. The molecule has 1 fully saturated rings. The van der Waals surface area contributed by atoms with E-state index >= 15 is 0 Å². The molecule has 2 atom stereocenters. The summed E-state index contributed by atoms with van der Waals surface area (Å²) in [4.78, 5) is 27.1. The van der Waals surface area contributed by atoms with Crippen LogP contribution in [0, 0.1) is 5.92 Å². The second kappa shape index (κ2) is 5.83. The molecular formula is C14H14F3NO3. The van der Waals surface area contributed by atoms with Gasteiger partial charge in [-0.25, -0.2) is 0 Å². The fraction of sp³-hybridized carbons (Fsp3) is 0.500. The Hall–Kier alpha value is -1.92. The summed E-state index contributed by atoms with van der Waals surface area (Å²) in [6.07, 6.45) is -2.69. The van der Waals surface area contributed by atoms with E-state index in [2.05, 4.69) is 4.98 Å². The van der Waals surface area contributed by atoms with Crippen LogP contribution >= 0.6 is 0 Å². The number of rotatable bonds is 3. The maximum Gasteiger partial charge on any atom is 0.433 e. The lowest BCUT2D eigenvalue weighted by atomic mass is 9.96. The van der Waals surface area contributed by atoms with Gasteiger partial charge in [-0.1, -0.05) is 6.07 Å². The van der Waals surface area contributed by atoms with Crippen LogP contribution in [-0.4, -0.2) is 23.3 Å². The number of carbonyl (C=O) groups excluding carboxylic acids is 2. The van der Waals surface area contributed by atoms with Crippen molar-refractivity contribution < 1.29 is 27.5 Å². The van der Waals surface area contributed by atoms with Gasteiger partial charge in [0.1, 0.15) is 11.6 Å². The Balaban J connectivity index is 2.13. The number of nitrogens with zero attached hydrogens (tertiary/aromatic N) is 1. The van der Waals surface area contributed by atoms with Crippen LogP contribution in [0.3, 0.4) is 0 Å². The second-order valence-corrected chi connectivity index (χ2v) is 4.81. The van der Waals surface area contributed by atoms with Crippen molar-refractivity contribution in [3.8, 4) is 0 Å². The molecule has 7 heteroatoms. The normalized spacial score (nSPS) is 22.4. The van der Waals surface area contributed by atoms with Crippen LogP contribution < -0.4 is 0 Å². The largest absolute Gasteiger partial charge is 0.465 e. The van der Waals surface area contributed by atoms with Gasteiger partial charge in [0.25, 0.3) is 0 Å². The highest BCUT2D eigenvalue weighted by molar-refractivity contribution is 6.03. The van der Waals surface area contributed by atoms with E-state index in [1.165, 1.54) is 6.07 Å². The molecule has 1 aromatic heterocycles. The highest BCUT2D eigenvalue weighted by Gasteiger charge is 2.41. The van der Waals surface area contributed by atoms with Gasteiger partial charge in [0.05, 0.1) is 6.61 Å². The van der Waals surface area contributed by atoms with Crippen molar-refractivity contribution in [1.29, 1.82) is 0 Å². The van der Waals surface area contributed by atoms with Crippen molar-refractivity contribution in [2.45, 2.75) is 31.9 Å². The van der Waals surface area contributed by atoms with E-state index in [1.807, 2.05) is 0 Å². The number of carbonyl (C=O) groups is 2. The van der Waals surface area contributed by atoms with E-state index in [0.29, 0.717) is 18.4 Å². The van der Waals surface area contributed by atoms with E-state index in [-0.39, 0.29) is 12.4 Å². The number of aromatic nitrogens is 1. The highest BCUT2D eigenvalue weighted by Crippen LogP contribution is 2.36. The lowest BCUT2D eigenvalue weighted by molar-refractivity contribution is -0.150. The summed E-state index contributed by atoms with van der Waals surface area (Å²) in [5, 5.41) is 0. The first kappa shape index (κ1) is 15.5. The molecule has 4 nitrogen and oxygen atoms in total. The Labute approximate surface area is 119 Å². The lowest BCUT2D eigenvalue weighted by Gasteiger charge is -2.11. The van der Waals surface area contributed by atoms with Crippen LogP contribution in [0.25, 0.3) is 0 Å². The summed E-state index contributed by atoms with van der Waals surface area (Å²) in [6, 6.07) is 2.09. The van der Waals surface area contributed by atoms with E-state index in [4.69, 9.17) is 4.74 Å². The number of hydrogen-bond donors (Lipinski definition) is 0. The van der Waals surface area contributed by atoms with Crippen LogP contribution in [0.5, 0.6) is 0 Å². The number of Topliss-reactive ketones (excluding diaryl/α,β-unsaturated/α-hetero) is 1. The number of alkyl halides is 3. The predicted molar refractivity (Wildman–Crippen MR) is 66.3 cm³/mol. The number of ether oxygens (including phenoxy) is 1. The number of hydrogen-bond acceptors (Lipinski definition) is 4. The zero-order valence-corrected chi connectivity index (χ0v) is 11.3. The molecule has 1 saturated carbocycles. The first-order valence-electron chi connectivity index (χ1n) is 6.58. The van der Waals surface area contributed by atoms with Crippen LogP contribution in [-0.2, 0) is 20.5 Å². The fourth-order valence-electron chi connectivity index (χ4n) is 2.45. The fourth-order valence-corrected chi connectivity index (χ4v) is 2.45. The maximum absolute atomic E-state index is 12.4. The minimum Gasteiger partial charge on any atom is -0.465 e. The molecule has 0 spiro atoms.